The molecule has 1 aliphatic rings. The molecule has 0 aromatic carbocycles. The van der Waals surface area contributed by atoms with Gasteiger partial charge in [0.25, 0.3) is 0 Å². The molecule has 0 bridgehead atoms. The first kappa shape index (κ1) is 17.8. The number of alkyl halides is 3. The zero-order valence-corrected chi connectivity index (χ0v) is 14.4. The highest BCUT2D eigenvalue weighted by atomic mass is 32.2. The van der Waals surface area contributed by atoms with E-state index in [1.165, 1.54) is 0 Å². The summed E-state index contributed by atoms with van der Waals surface area (Å²) < 4.78 is 41.6. The maximum absolute atomic E-state index is 12.9. The first-order valence-electron chi connectivity index (χ1n) is 7.81. The van der Waals surface area contributed by atoms with E-state index in [0.29, 0.717) is 6.42 Å². The molecule has 10 heteroatoms. The van der Waals surface area contributed by atoms with Crippen LogP contribution in [0.25, 0.3) is 0 Å². The topological polar surface area (TPSA) is 56.0 Å². The van der Waals surface area contributed by atoms with Crippen molar-refractivity contribution < 1.29 is 18.0 Å². The van der Waals surface area contributed by atoms with Gasteiger partial charge in [-0.25, -0.2) is 0 Å². The number of carbonyl (C=O) groups excluding carboxylic acids is 1. The fourth-order valence-electron chi connectivity index (χ4n) is 2.95. The Labute approximate surface area is 147 Å². The number of amides is 1. The molecule has 0 saturated heterocycles. The highest BCUT2D eigenvalue weighted by Gasteiger charge is 2.40. The lowest BCUT2D eigenvalue weighted by Crippen LogP contribution is -2.43. The lowest BCUT2D eigenvalue weighted by atomic mass is 10.1. The van der Waals surface area contributed by atoms with E-state index >= 15 is 0 Å². The molecular weight excluding hydrogens is 355 g/mol. The van der Waals surface area contributed by atoms with E-state index < -0.39 is 12.0 Å². The van der Waals surface area contributed by atoms with Crippen LogP contribution < -0.4 is 0 Å². The van der Waals surface area contributed by atoms with Crippen molar-refractivity contribution in [3.63, 3.8) is 0 Å². The lowest BCUT2D eigenvalue weighted by molar-refractivity contribution is -0.148. The molecule has 3 rings (SSSR count). The summed E-state index contributed by atoms with van der Waals surface area (Å²) in [7, 11) is 0. The number of thioether (sulfide) groups is 1. The van der Waals surface area contributed by atoms with Gasteiger partial charge in [0.15, 0.2) is 5.82 Å². The monoisotopic (exact) mass is 373 g/mol. The molecule has 6 nitrogen and oxygen atoms in total. The molecule has 0 saturated carbocycles. The van der Waals surface area contributed by atoms with Gasteiger partial charge in [-0.1, -0.05) is 0 Å². The van der Waals surface area contributed by atoms with Crippen LogP contribution in [0.5, 0.6) is 0 Å². The molecule has 0 N–H and O–H groups in total. The molecule has 0 aliphatic carbocycles. The van der Waals surface area contributed by atoms with Gasteiger partial charge in [-0.2, -0.15) is 24.9 Å². The standard InChI is InChI=1S/C15H18F3N5OS/c1-25-9-4-11(21-5-2-3-6-21)13(24)22-7-8-23-12(10-22)19-20-14(23)15(16,17)18/h2-3,5-6,11H,4,7-10H2,1H3. The molecule has 2 aromatic rings. The number of hydrogen-bond donors (Lipinski definition) is 0. The van der Waals surface area contributed by atoms with Crippen molar-refractivity contribution in [2.45, 2.75) is 31.7 Å². The molecule has 0 radical (unpaired) electrons. The van der Waals surface area contributed by atoms with Crippen molar-refractivity contribution in [1.29, 1.82) is 0 Å². The number of aromatic nitrogens is 4. The minimum Gasteiger partial charge on any atom is -0.342 e. The van der Waals surface area contributed by atoms with Gasteiger partial charge in [0.05, 0.1) is 6.54 Å². The van der Waals surface area contributed by atoms with Gasteiger partial charge in [-0.3, -0.25) is 4.79 Å². The fraction of sp³-hybridized carbons (Fsp3) is 0.533. The van der Waals surface area contributed by atoms with Crippen molar-refractivity contribution >= 4 is 17.7 Å². The Morgan fingerprint density at radius 3 is 2.64 bits per heavy atom. The van der Waals surface area contributed by atoms with E-state index in [4.69, 9.17) is 0 Å². The summed E-state index contributed by atoms with van der Waals surface area (Å²) >= 11 is 1.65. The predicted octanol–water partition coefficient (Wildman–Crippen LogP) is 2.44. The Hall–Kier alpha value is -1.97. The highest BCUT2D eigenvalue weighted by Crippen LogP contribution is 2.30. The molecule has 136 valence electrons. The van der Waals surface area contributed by atoms with Crippen LogP contribution in [0.15, 0.2) is 24.5 Å². The average molecular weight is 373 g/mol. The average Bonchev–Trinajstić information content (AvgIpc) is 3.23. The highest BCUT2D eigenvalue weighted by molar-refractivity contribution is 7.98. The van der Waals surface area contributed by atoms with Gasteiger partial charge in [0.2, 0.25) is 11.7 Å². The molecule has 1 amide bonds. The molecule has 1 atom stereocenters. The zero-order chi connectivity index (χ0) is 18.0. The summed E-state index contributed by atoms with van der Waals surface area (Å²) in [5.74, 6) is -0.119. The predicted molar refractivity (Wildman–Crippen MR) is 86.9 cm³/mol. The van der Waals surface area contributed by atoms with Gasteiger partial charge < -0.3 is 14.0 Å². The Kier molecular flexibility index (Phi) is 5.07. The number of hydrogen-bond acceptors (Lipinski definition) is 4. The molecule has 3 heterocycles. The number of rotatable bonds is 5. The normalized spacial score (nSPS) is 15.9. The van der Waals surface area contributed by atoms with Crippen LogP contribution in [0.4, 0.5) is 13.2 Å². The Morgan fingerprint density at radius 1 is 1.28 bits per heavy atom. The third-order valence-corrected chi connectivity index (χ3v) is 4.83. The first-order valence-corrected chi connectivity index (χ1v) is 9.20. The molecule has 2 aromatic heterocycles. The summed E-state index contributed by atoms with van der Waals surface area (Å²) in [6.45, 7) is 0.298. The summed E-state index contributed by atoms with van der Waals surface area (Å²) in [4.78, 5) is 14.5. The van der Waals surface area contributed by atoms with Gasteiger partial charge in [-0.05, 0) is 30.6 Å². The third kappa shape index (κ3) is 3.68. The zero-order valence-electron chi connectivity index (χ0n) is 13.6. The largest absolute Gasteiger partial charge is 0.451 e. The summed E-state index contributed by atoms with van der Waals surface area (Å²) in [5.41, 5.74) is 0. The SMILES string of the molecule is CSCCC(C(=O)N1CCn2c(nnc2C(F)(F)F)C1)n1cccc1. The van der Waals surface area contributed by atoms with Crippen LogP contribution >= 0.6 is 11.8 Å². The van der Waals surface area contributed by atoms with Crippen molar-refractivity contribution in [3.8, 4) is 0 Å². The molecule has 0 spiro atoms. The van der Waals surface area contributed by atoms with E-state index in [1.807, 2.05) is 35.3 Å². The van der Waals surface area contributed by atoms with E-state index in [-0.39, 0.29) is 37.4 Å². The summed E-state index contributed by atoms with van der Waals surface area (Å²) in [6.07, 6.45) is 1.75. The van der Waals surface area contributed by atoms with Crippen molar-refractivity contribution in [1.82, 2.24) is 24.2 Å². The van der Waals surface area contributed by atoms with Gasteiger partial charge in [-0.15, -0.1) is 10.2 Å². The second kappa shape index (κ2) is 7.11. The number of fused-ring (bicyclic) bond motifs is 1. The van der Waals surface area contributed by atoms with Crippen LogP contribution in [0, 0.1) is 0 Å². The second-order valence-corrected chi connectivity index (χ2v) is 6.76. The Balaban J connectivity index is 1.78. The molecule has 0 fully saturated rings. The van der Waals surface area contributed by atoms with E-state index in [1.54, 1.807) is 16.7 Å². The Bertz CT molecular complexity index is 728. The molecular formula is C15H18F3N5OS. The second-order valence-electron chi connectivity index (χ2n) is 5.78. The minimum absolute atomic E-state index is 0.0406. The first-order chi connectivity index (χ1) is 11.9. The van der Waals surface area contributed by atoms with Crippen molar-refractivity contribution in [2.75, 3.05) is 18.6 Å². The smallest absolute Gasteiger partial charge is 0.342 e. The van der Waals surface area contributed by atoms with E-state index in [0.717, 1.165) is 10.3 Å². The van der Waals surface area contributed by atoms with Crippen molar-refractivity contribution in [3.05, 3.63) is 36.2 Å². The lowest BCUT2D eigenvalue weighted by Gasteiger charge is -2.31. The summed E-state index contributed by atoms with van der Waals surface area (Å²) in [6, 6.07) is 3.34. The van der Waals surface area contributed by atoms with Crippen LogP contribution in [-0.4, -0.2) is 48.7 Å². The minimum atomic E-state index is -4.54. The van der Waals surface area contributed by atoms with Crippen LogP contribution in [0.1, 0.15) is 24.1 Å². The van der Waals surface area contributed by atoms with E-state index in [9.17, 15) is 18.0 Å². The molecule has 1 unspecified atom stereocenters. The van der Waals surface area contributed by atoms with Crippen LogP contribution in [0.3, 0.4) is 0 Å². The third-order valence-electron chi connectivity index (χ3n) is 4.19. The van der Waals surface area contributed by atoms with Gasteiger partial charge >= 0.3 is 6.18 Å². The van der Waals surface area contributed by atoms with E-state index in [2.05, 4.69) is 10.2 Å². The molecule has 1 aliphatic heterocycles. The Morgan fingerprint density at radius 2 is 2.00 bits per heavy atom. The maximum atomic E-state index is 12.9. The van der Waals surface area contributed by atoms with Gasteiger partial charge in [0, 0.05) is 25.5 Å². The van der Waals surface area contributed by atoms with Crippen LogP contribution in [-0.2, 0) is 24.1 Å². The summed E-state index contributed by atoms with van der Waals surface area (Å²) in [5, 5.41) is 6.88. The maximum Gasteiger partial charge on any atom is 0.451 e. The number of nitrogens with zero attached hydrogens (tertiary/aromatic N) is 5. The van der Waals surface area contributed by atoms with Crippen LogP contribution in [0.2, 0.25) is 0 Å². The van der Waals surface area contributed by atoms with Gasteiger partial charge in [0.1, 0.15) is 6.04 Å². The molecule has 25 heavy (non-hydrogen) atoms. The quantitative estimate of drug-likeness (QED) is 0.808. The fourth-order valence-corrected chi connectivity index (χ4v) is 3.41. The number of halogens is 3. The number of carbonyl (C=O) groups is 1. The van der Waals surface area contributed by atoms with Crippen molar-refractivity contribution in [2.24, 2.45) is 0 Å².